The number of hydrogen-bond acceptors (Lipinski definition) is 4. The van der Waals surface area contributed by atoms with Crippen molar-refractivity contribution in [2.75, 3.05) is 32.7 Å². The lowest BCUT2D eigenvalue weighted by Crippen LogP contribution is -2.08. The molecule has 2 aromatic rings. The standard InChI is InChI=1S/C14H19N3O2/c1-10-13(11-4-6-12(19-3)7-5-11)16-17-14(10)15-8-9-18-2/h4-7H,8-9H2,1-3H3,(H2,15,16,17). The largest absolute Gasteiger partial charge is 0.497 e. The topological polar surface area (TPSA) is 59.2 Å². The number of benzene rings is 1. The number of H-pyrrole nitrogens is 1. The van der Waals surface area contributed by atoms with Crippen LogP contribution in [0.2, 0.25) is 0 Å². The SMILES string of the molecule is COCCNc1n[nH]c(-c2ccc(OC)cc2)c1C. The minimum absolute atomic E-state index is 0.657. The van der Waals surface area contributed by atoms with Gasteiger partial charge in [-0.1, -0.05) is 0 Å². The molecule has 1 aromatic carbocycles. The molecular formula is C14H19N3O2. The summed E-state index contributed by atoms with van der Waals surface area (Å²) in [5, 5.41) is 10.6. The minimum Gasteiger partial charge on any atom is -0.497 e. The first-order valence-corrected chi connectivity index (χ1v) is 6.18. The van der Waals surface area contributed by atoms with Crippen molar-refractivity contribution in [1.82, 2.24) is 10.2 Å². The first kappa shape index (κ1) is 13.4. The fourth-order valence-electron chi connectivity index (χ4n) is 1.88. The Balaban J connectivity index is 2.15. The molecule has 2 rings (SSSR count). The number of methoxy groups -OCH3 is 2. The van der Waals surface area contributed by atoms with E-state index in [2.05, 4.69) is 15.5 Å². The van der Waals surface area contributed by atoms with E-state index in [4.69, 9.17) is 9.47 Å². The van der Waals surface area contributed by atoms with Crippen LogP contribution in [0, 0.1) is 6.92 Å². The van der Waals surface area contributed by atoms with Crippen LogP contribution in [0.3, 0.4) is 0 Å². The van der Waals surface area contributed by atoms with E-state index in [9.17, 15) is 0 Å². The summed E-state index contributed by atoms with van der Waals surface area (Å²) in [4.78, 5) is 0. The van der Waals surface area contributed by atoms with Crippen LogP contribution in [0.4, 0.5) is 5.82 Å². The molecule has 0 radical (unpaired) electrons. The van der Waals surface area contributed by atoms with E-state index in [1.165, 1.54) is 0 Å². The molecule has 0 fully saturated rings. The van der Waals surface area contributed by atoms with Gasteiger partial charge in [0.25, 0.3) is 0 Å². The van der Waals surface area contributed by atoms with Gasteiger partial charge in [-0.05, 0) is 31.2 Å². The first-order valence-electron chi connectivity index (χ1n) is 6.18. The van der Waals surface area contributed by atoms with Gasteiger partial charge in [-0.25, -0.2) is 0 Å². The number of ether oxygens (including phenoxy) is 2. The smallest absolute Gasteiger partial charge is 0.151 e. The lowest BCUT2D eigenvalue weighted by Gasteiger charge is -2.04. The fourth-order valence-corrected chi connectivity index (χ4v) is 1.88. The Morgan fingerprint density at radius 2 is 1.95 bits per heavy atom. The first-order chi connectivity index (χ1) is 9.26. The fraction of sp³-hybridized carbons (Fsp3) is 0.357. The Labute approximate surface area is 112 Å². The number of aromatic amines is 1. The van der Waals surface area contributed by atoms with Gasteiger partial charge in [0.1, 0.15) is 5.75 Å². The molecular weight excluding hydrogens is 242 g/mol. The number of anilines is 1. The molecule has 19 heavy (non-hydrogen) atoms. The van der Waals surface area contributed by atoms with Gasteiger partial charge in [0.05, 0.1) is 19.4 Å². The second-order valence-corrected chi connectivity index (χ2v) is 4.22. The number of aromatic nitrogens is 2. The van der Waals surface area contributed by atoms with Gasteiger partial charge in [0.2, 0.25) is 0 Å². The van der Waals surface area contributed by atoms with Crippen molar-refractivity contribution in [1.29, 1.82) is 0 Å². The van der Waals surface area contributed by atoms with E-state index >= 15 is 0 Å². The monoisotopic (exact) mass is 261 g/mol. The van der Waals surface area contributed by atoms with Crippen LogP contribution in [0.1, 0.15) is 5.56 Å². The second-order valence-electron chi connectivity index (χ2n) is 4.22. The van der Waals surface area contributed by atoms with Gasteiger partial charge in [0.15, 0.2) is 5.82 Å². The van der Waals surface area contributed by atoms with E-state index in [0.29, 0.717) is 6.61 Å². The summed E-state index contributed by atoms with van der Waals surface area (Å²) in [6, 6.07) is 7.90. The Morgan fingerprint density at radius 1 is 1.21 bits per heavy atom. The van der Waals surface area contributed by atoms with Gasteiger partial charge < -0.3 is 14.8 Å². The van der Waals surface area contributed by atoms with E-state index in [1.807, 2.05) is 31.2 Å². The molecule has 102 valence electrons. The maximum Gasteiger partial charge on any atom is 0.151 e. The number of rotatable bonds is 6. The number of nitrogens with one attached hydrogen (secondary N) is 2. The highest BCUT2D eigenvalue weighted by Crippen LogP contribution is 2.27. The van der Waals surface area contributed by atoms with Crippen LogP contribution < -0.4 is 10.1 Å². The van der Waals surface area contributed by atoms with Crippen molar-refractivity contribution >= 4 is 5.82 Å². The van der Waals surface area contributed by atoms with E-state index in [1.54, 1.807) is 14.2 Å². The average molecular weight is 261 g/mol. The summed E-state index contributed by atoms with van der Waals surface area (Å²) in [5.41, 5.74) is 3.20. The Morgan fingerprint density at radius 3 is 2.58 bits per heavy atom. The number of hydrogen-bond donors (Lipinski definition) is 2. The normalized spacial score (nSPS) is 10.5. The molecule has 5 nitrogen and oxygen atoms in total. The molecule has 0 saturated carbocycles. The third-order valence-electron chi connectivity index (χ3n) is 2.99. The number of nitrogens with zero attached hydrogens (tertiary/aromatic N) is 1. The highest BCUT2D eigenvalue weighted by atomic mass is 16.5. The predicted octanol–water partition coefficient (Wildman–Crippen LogP) is 2.45. The van der Waals surface area contributed by atoms with Gasteiger partial charge in [-0.15, -0.1) is 0 Å². The van der Waals surface area contributed by atoms with Gasteiger partial charge in [-0.3, -0.25) is 5.10 Å². The summed E-state index contributed by atoms with van der Waals surface area (Å²) in [6.45, 7) is 3.44. The minimum atomic E-state index is 0.657. The summed E-state index contributed by atoms with van der Waals surface area (Å²) in [6.07, 6.45) is 0. The predicted molar refractivity (Wildman–Crippen MR) is 75.7 cm³/mol. The van der Waals surface area contributed by atoms with Crippen LogP contribution >= 0.6 is 0 Å². The lowest BCUT2D eigenvalue weighted by molar-refractivity contribution is 0.210. The van der Waals surface area contributed by atoms with Crippen LogP contribution in [0.5, 0.6) is 5.75 Å². The van der Waals surface area contributed by atoms with Crippen molar-refractivity contribution in [2.45, 2.75) is 6.92 Å². The van der Waals surface area contributed by atoms with Crippen LogP contribution in [0.25, 0.3) is 11.3 Å². The summed E-state index contributed by atoms with van der Waals surface area (Å²) < 4.78 is 10.2. The average Bonchev–Trinajstić information content (AvgIpc) is 2.81. The second kappa shape index (κ2) is 6.24. The van der Waals surface area contributed by atoms with Crippen molar-refractivity contribution in [3.63, 3.8) is 0 Å². The van der Waals surface area contributed by atoms with Gasteiger partial charge in [-0.2, -0.15) is 5.10 Å². The molecule has 1 heterocycles. The summed E-state index contributed by atoms with van der Waals surface area (Å²) in [5.74, 6) is 1.71. The maximum absolute atomic E-state index is 5.15. The molecule has 0 aliphatic heterocycles. The van der Waals surface area contributed by atoms with Crippen LogP contribution in [-0.2, 0) is 4.74 Å². The zero-order valence-electron chi connectivity index (χ0n) is 11.5. The van der Waals surface area contributed by atoms with Crippen LogP contribution in [0.15, 0.2) is 24.3 Å². The van der Waals surface area contributed by atoms with Crippen molar-refractivity contribution < 1.29 is 9.47 Å². The summed E-state index contributed by atoms with van der Waals surface area (Å²) >= 11 is 0. The Bertz CT molecular complexity index is 520. The zero-order chi connectivity index (χ0) is 13.7. The molecule has 0 saturated heterocycles. The summed E-state index contributed by atoms with van der Waals surface area (Å²) in [7, 11) is 3.34. The molecule has 0 bridgehead atoms. The molecule has 0 aliphatic carbocycles. The molecule has 1 aromatic heterocycles. The third-order valence-corrected chi connectivity index (χ3v) is 2.99. The molecule has 5 heteroatoms. The zero-order valence-corrected chi connectivity index (χ0v) is 11.5. The maximum atomic E-state index is 5.15. The highest BCUT2D eigenvalue weighted by molar-refractivity contribution is 5.68. The van der Waals surface area contributed by atoms with Crippen molar-refractivity contribution in [3.05, 3.63) is 29.8 Å². The van der Waals surface area contributed by atoms with Crippen LogP contribution in [-0.4, -0.2) is 37.6 Å². The van der Waals surface area contributed by atoms with E-state index in [0.717, 1.165) is 34.9 Å². The third kappa shape index (κ3) is 3.06. The Hall–Kier alpha value is -2.01. The molecule has 0 spiro atoms. The molecule has 0 atom stereocenters. The quantitative estimate of drug-likeness (QED) is 0.784. The lowest BCUT2D eigenvalue weighted by atomic mass is 10.1. The van der Waals surface area contributed by atoms with Crippen molar-refractivity contribution in [3.8, 4) is 17.0 Å². The van der Waals surface area contributed by atoms with Gasteiger partial charge in [0, 0.05) is 24.8 Å². The molecule has 2 N–H and O–H groups in total. The molecule has 0 unspecified atom stereocenters. The Kier molecular flexibility index (Phi) is 4.41. The van der Waals surface area contributed by atoms with E-state index in [-0.39, 0.29) is 0 Å². The highest BCUT2D eigenvalue weighted by Gasteiger charge is 2.10. The molecule has 0 amide bonds. The molecule has 0 aliphatic rings. The van der Waals surface area contributed by atoms with E-state index < -0.39 is 0 Å². The van der Waals surface area contributed by atoms with Crippen molar-refractivity contribution in [2.24, 2.45) is 0 Å². The van der Waals surface area contributed by atoms with Gasteiger partial charge >= 0.3 is 0 Å².